The number of nitrogens with one attached hydrogen (secondary N) is 2. The molecule has 4 rings (SSSR count). The Kier molecular flexibility index (Phi) is 8.79. The van der Waals surface area contributed by atoms with Crippen LogP contribution in [0, 0.1) is 11.8 Å². The van der Waals surface area contributed by atoms with E-state index in [4.69, 9.17) is 4.74 Å². The molecule has 0 spiro atoms. The van der Waals surface area contributed by atoms with E-state index in [9.17, 15) is 30.8 Å². The van der Waals surface area contributed by atoms with E-state index >= 15 is 0 Å². The fraction of sp³-hybridized carbons (Fsp3) is 0.407. The highest BCUT2D eigenvalue weighted by atomic mass is 32.2. The van der Waals surface area contributed by atoms with Crippen LogP contribution >= 0.6 is 0 Å². The number of nitrogens with zero attached hydrogens (tertiary/aromatic N) is 3. The first kappa shape index (κ1) is 30.1. The SMILES string of the molecule is COc1ccc(S(C)(=O)=O)cc1NCC#Cc1cc(C(=O)N[C@@H]2CCN(C)C[C@@H]2F)c2cnn(CC(F)(F)F)c2c1. The van der Waals surface area contributed by atoms with Gasteiger partial charge in [0.1, 0.15) is 18.5 Å². The number of ether oxygens (including phenoxy) is 1. The summed E-state index contributed by atoms with van der Waals surface area (Å²) >= 11 is 0. The smallest absolute Gasteiger partial charge is 0.408 e. The third kappa shape index (κ3) is 7.47. The highest BCUT2D eigenvalue weighted by molar-refractivity contribution is 7.90. The number of fused-ring (bicyclic) bond motifs is 1. The number of carbonyl (C=O) groups is 1. The zero-order valence-electron chi connectivity index (χ0n) is 22.5. The summed E-state index contributed by atoms with van der Waals surface area (Å²) in [4.78, 5) is 15.1. The number of methoxy groups -OCH3 is 1. The number of rotatable bonds is 7. The number of amides is 1. The number of hydrogen-bond acceptors (Lipinski definition) is 7. The van der Waals surface area contributed by atoms with E-state index in [1.807, 2.05) is 4.90 Å². The van der Waals surface area contributed by atoms with Gasteiger partial charge in [-0.25, -0.2) is 12.8 Å². The van der Waals surface area contributed by atoms with Crippen LogP contribution in [0.3, 0.4) is 0 Å². The quantitative estimate of drug-likeness (QED) is 0.319. The van der Waals surface area contributed by atoms with Crippen LogP contribution in [0.4, 0.5) is 23.2 Å². The van der Waals surface area contributed by atoms with E-state index in [1.165, 1.54) is 43.6 Å². The number of benzene rings is 2. The molecule has 14 heteroatoms. The van der Waals surface area contributed by atoms with Gasteiger partial charge >= 0.3 is 6.18 Å². The van der Waals surface area contributed by atoms with E-state index < -0.39 is 40.7 Å². The molecular formula is C27H29F4N5O4S. The monoisotopic (exact) mass is 595 g/mol. The molecule has 1 amide bonds. The van der Waals surface area contributed by atoms with Gasteiger partial charge in [0.2, 0.25) is 0 Å². The van der Waals surface area contributed by atoms with Crippen LogP contribution in [-0.4, -0.2) is 87.4 Å². The van der Waals surface area contributed by atoms with Gasteiger partial charge in [0.05, 0.1) is 47.6 Å². The van der Waals surface area contributed by atoms with Crippen molar-refractivity contribution in [2.45, 2.75) is 36.3 Å². The summed E-state index contributed by atoms with van der Waals surface area (Å²) in [7, 11) is -0.268. The van der Waals surface area contributed by atoms with Gasteiger partial charge in [-0.1, -0.05) is 11.8 Å². The molecule has 0 radical (unpaired) electrons. The number of hydrogen-bond donors (Lipinski definition) is 2. The minimum Gasteiger partial charge on any atom is -0.495 e. The maximum Gasteiger partial charge on any atom is 0.408 e. The summed E-state index contributed by atoms with van der Waals surface area (Å²) in [6.45, 7) is -0.612. The topological polar surface area (TPSA) is 106 Å². The van der Waals surface area contributed by atoms with Crippen LogP contribution in [0.15, 0.2) is 41.4 Å². The Morgan fingerprint density at radius 2 is 2.00 bits per heavy atom. The summed E-state index contributed by atoms with van der Waals surface area (Å²) in [5.74, 6) is 5.41. The molecule has 2 aromatic carbocycles. The number of aromatic nitrogens is 2. The Morgan fingerprint density at radius 3 is 2.66 bits per heavy atom. The van der Waals surface area contributed by atoms with Crippen molar-refractivity contribution in [3.05, 3.63) is 47.7 Å². The summed E-state index contributed by atoms with van der Waals surface area (Å²) in [6, 6.07) is 6.40. The molecule has 1 aliphatic heterocycles. The average molecular weight is 596 g/mol. The second kappa shape index (κ2) is 12.0. The molecular weight excluding hydrogens is 566 g/mol. The maximum absolute atomic E-state index is 14.6. The molecule has 1 fully saturated rings. The number of anilines is 1. The van der Waals surface area contributed by atoms with Crippen molar-refractivity contribution >= 4 is 32.3 Å². The van der Waals surface area contributed by atoms with Gasteiger partial charge in [0.15, 0.2) is 9.84 Å². The lowest BCUT2D eigenvalue weighted by Crippen LogP contribution is -2.51. The molecule has 9 nitrogen and oxygen atoms in total. The molecule has 0 saturated carbocycles. The molecule has 0 unspecified atom stereocenters. The molecule has 3 aromatic rings. The molecule has 0 bridgehead atoms. The highest BCUT2D eigenvalue weighted by Gasteiger charge is 2.31. The minimum absolute atomic E-state index is 0.0179. The van der Waals surface area contributed by atoms with Crippen molar-refractivity contribution in [2.24, 2.45) is 0 Å². The molecule has 1 aromatic heterocycles. The Labute approximate surface area is 234 Å². The van der Waals surface area contributed by atoms with E-state index in [0.29, 0.717) is 24.4 Å². The second-order valence-corrected chi connectivity index (χ2v) is 11.8. The largest absolute Gasteiger partial charge is 0.495 e. The van der Waals surface area contributed by atoms with Crippen molar-refractivity contribution in [3.63, 3.8) is 0 Å². The third-order valence-electron chi connectivity index (χ3n) is 6.60. The Bertz CT molecular complexity index is 1610. The standard InChI is InChI=1S/C27H29F4N5O4S/c1-35-10-8-22(21(28)15-35)34-26(37)19-11-17(12-24-20(19)14-33-36(24)16-27(29,30)31)5-4-9-32-23-13-18(41(3,38)39)6-7-25(23)40-2/h6-7,11-14,21-22,32H,8-10,15-16H2,1-3H3,(H,34,37)/t21-,22+/m0/s1. The lowest BCUT2D eigenvalue weighted by Gasteiger charge is -2.32. The van der Waals surface area contributed by atoms with E-state index in [2.05, 4.69) is 27.6 Å². The van der Waals surface area contributed by atoms with E-state index in [0.717, 1.165) is 10.9 Å². The molecule has 1 saturated heterocycles. The van der Waals surface area contributed by atoms with Crippen molar-refractivity contribution in [1.29, 1.82) is 0 Å². The van der Waals surface area contributed by atoms with Crippen LogP contribution < -0.4 is 15.4 Å². The Balaban J connectivity index is 1.63. The lowest BCUT2D eigenvalue weighted by molar-refractivity contribution is -0.141. The zero-order chi connectivity index (χ0) is 29.9. The fourth-order valence-corrected chi connectivity index (χ4v) is 5.19. The summed E-state index contributed by atoms with van der Waals surface area (Å²) in [5.41, 5.74) is 0.699. The Morgan fingerprint density at radius 1 is 1.24 bits per heavy atom. The molecule has 220 valence electrons. The number of alkyl halides is 4. The number of carbonyl (C=O) groups excluding carboxylic acids is 1. The van der Waals surface area contributed by atoms with Gasteiger partial charge in [-0.2, -0.15) is 18.3 Å². The molecule has 41 heavy (non-hydrogen) atoms. The van der Waals surface area contributed by atoms with Crippen molar-refractivity contribution in [2.75, 3.05) is 45.4 Å². The number of sulfone groups is 1. The van der Waals surface area contributed by atoms with Crippen molar-refractivity contribution < 1.29 is 35.5 Å². The number of likely N-dealkylation sites (tertiary alicyclic amines) is 1. The first-order chi connectivity index (χ1) is 19.2. The van der Waals surface area contributed by atoms with Gasteiger partial charge < -0.3 is 20.3 Å². The summed E-state index contributed by atoms with van der Waals surface area (Å²) in [5, 5.41) is 9.66. The highest BCUT2D eigenvalue weighted by Crippen LogP contribution is 2.28. The van der Waals surface area contributed by atoms with Crippen LogP contribution in [0.2, 0.25) is 0 Å². The predicted octanol–water partition coefficient (Wildman–Crippen LogP) is 3.25. The lowest BCUT2D eigenvalue weighted by atomic mass is 10.0. The third-order valence-corrected chi connectivity index (χ3v) is 7.71. The maximum atomic E-state index is 14.6. The van der Waals surface area contributed by atoms with Crippen LogP contribution in [0.1, 0.15) is 22.3 Å². The molecule has 2 heterocycles. The van der Waals surface area contributed by atoms with Crippen LogP contribution in [0.5, 0.6) is 5.75 Å². The van der Waals surface area contributed by atoms with E-state index in [-0.39, 0.29) is 40.0 Å². The average Bonchev–Trinajstić information content (AvgIpc) is 3.28. The van der Waals surface area contributed by atoms with Gasteiger partial charge in [-0.15, -0.1) is 0 Å². The van der Waals surface area contributed by atoms with Crippen LogP contribution in [0.25, 0.3) is 10.9 Å². The van der Waals surface area contributed by atoms with Gasteiger partial charge in [-0.3, -0.25) is 9.48 Å². The molecule has 0 aliphatic carbocycles. The van der Waals surface area contributed by atoms with Crippen molar-refractivity contribution in [3.8, 4) is 17.6 Å². The predicted molar refractivity (Wildman–Crippen MR) is 146 cm³/mol. The molecule has 1 aliphatic rings. The fourth-order valence-electron chi connectivity index (χ4n) is 4.54. The Hall–Kier alpha value is -3.83. The zero-order valence-corrected chi connectivity index (χ0v) is 23.4. The first-order valence-corrected chi connectivity index (χ1v) is 14.4. The summed E-state index contributed by atoms with van der Waals surface area (Å²) in [6.07, 6.45) is -3.21. The number of piperidine rings is 1. The minimum atomic E-state index is -4.55. The van der Waals surface area contributed by atoms with Gasteiger partial charge in [-0.05, 0) is 43.8 Å². The molecule has 2 atom stereocenters. The normalized spacial score (nSPS) is 18.0. The van der Waals surface area contributed by atoms with Gasteiger partial charge in [0.25, 0.3) is 5.91 Å². The van der Waals surface area contributed by atoms with Gasteiger partial charge in [0, 0.05) is 30.3 Å². The van der Waals surface area contributed by atoms with E-state index in [1.54, 1.807) is 7.05 Å². The molecule has 2 N–H and O–H groups in total. The van der Waals surface area contributed by atoms with Crippen LogP contribution in [-0.2, 0) is 16.4 Å². The van der Waals surface area contributed by atoms with Crippen molar-refractivity contribution in [1.82, 2.24) is 20.0 Å². The summed E-state index contributed by atoms with van der Waals surface area (Å²) < 4.78 is 84.0. The number of halogens is 4. The first-order valence-electron chi connectivity index (χ1n) is 12.6. The second-order valence-electron chi connectivity index (χ2n) is 9.81.